The molecule has 0 saturated carbocycles. The first-order chi connectivity index (χ1) is 6.02. The van der Waals surface area contributed by atoms with Gasteiger partial charge in [-0.25, -0.2) is 0 Å². The third-order valence-corrected chi connectivity index (χ3v) is 2.10. The molecule has 4 nitrogen and oxygen atoms in total. The molecule has 1 heterocycles. The molecule has 1 rings (SSSR count). The van der Waals surface area contributed by atoms with Crippen molar-refractivity contribution >= 4 is 5.78 Å². The molecule has 0 aromatic rings. The van der Waals surface area contributed by atoms with E-state index in [1.54, 1.807) is 0 Å². The number of ketones is 1. The Kier molecular flexibility index (Phi) is 2.85. The van der Waals surface area contributed by atoms with Crippen molar-refractivity contribution in [1.29, 1.82) is 0 Å². The lowest BCUT2D eigenvalue weighted by Gasteiger charge is -2.14. The normalized spacial score (nSPS) is 28.2. The fourth-order valence-electron chi connectivity index (χ4n) is 1.20. The fourth-order valence-corrected chi connectivity index (χ4v) is 1.20. The number of rotatable bonds is 5. The highest BCUT2D eigenvalue weighted by Crippen LogP contribution is 2.29. The summed E-state index contributed by atoms with van der Waals surface area (Å²) in [4.78, 5) is 11.5. The molecule has 0 aromatic carbocycles. The van der Waals surface area contributed by atoms with Gasteiger partial charge in [-0.05, 0) is 13.3 Å². The lowest BCUT2D eigenvalue weighted by molar-refractivity contribution is -0.126. The zero-order chi connectivity index (χ0) is 10.1. The predicted octanol–water partition coefficient (Wildman–Crippen LogP) is -0.390. The maximum atomic E-state index is 11.5. The summed E-state index contributed by atoms with van der Waals surface area (Å²) in [7, 11) is 0. The van der Waals surface area contributed by atoms with Crippen LogP contribution in [0.4, 0.5) is 0 Å². The molecule has 13 heavy (non-hydrogen) atoms. The molecule has 1 saturated heterocycles. The van der Waals surface area contributed by atoms with Crippen LogP contribution >= 0.6 is 0 Å². The number of carbonyl (C=O) groups is 1. The third kappa shape index (κ3) is 2.15. The molecule has 4 heteroatoms. The van der Waals surface area contributed by atoms with Crippen LogP contribution in [0.1, 0.15) is 13.3 Å². The summed E-state index contributed by atoms with van der Waals surface area (Å²) in [6.45, 7) is 5.48. The van der Waals surface area contributed by atoms with E-state index in [9.17, 15) is 4.79 Å². The van der Waals surface area contributed by atoms with Gasteiger partial charge in [0.05, 0.1) is 19.3 Å². The van der Waals surface area contributed by atoms with Crippen molar-refractivity contribution in [3.05, 3.63) is 12.2 Å². The molecular formula is C9H15NO3. The summed E-state index contributed by atoms with van der Waals surface area (Å²) < 4.78 is 4.90. The van der Waals surface area contributed by atoms with Crippen molar-refractivity contribution in [2.75, 3.05) is 13.2 Å². The minimum atomic E-state index is -0.991. The zero-order valence-electron chi connectivity index (χ0n) is 7.75. The molecule has 0 bridgehead atoms. The second-order valence-corrected chi connectivity index (χ2v) is 3.57. The van der Waals surface area contributed by atoms with Gasteiger partial charge in [0, 0.05) is 0 Å². The molecule has 0 radical (unpaired) electrons. The second-order valence-electron chi connectivity index (χ2n) is 3.57. The molecule has 1 aliphatic rings. The first-order valence-corrected chi connectivity index (χ1v) is 4.21. The fraction of sp³-hybridized carbons (Fsp3) is 0.667. The molecule has 3 N–H and O–H groups in total. The standard InChI is InChI=1S/C9H15NO3/c1-6(2)3-7(10)8(12)9(4-11)5-13-9/h7,11H,1,3-5,10H2,2H3/t7-,9+/m0/s1. The lowest BCUT2D eigenvalue weighted by Crippen LogP contribution is -2.43. The van der Waals surface area contributed by atoms with Crippen molar-refractivity contribution in [3.8, 4) is 0 Å². The molecule has 1 aliphatic heterocycles. The molecule has 0 unspecified atom stereocenters. The first kappa shape index (κ1) is 10.4. The van der Waals surface area contributed by atoms with Crippen LogP contribution in [0, 0.1) is 0 Å². The van der Waals surface area contributed by atoms with Gasteiger partial charge in [0.25, 0.3) is 0 Å². The number of aliphatic hydroxyl groups is 1. The van der Waals surface area contributed by atoms with Crippen molar-refractivity contribution in [1.82, 2.24) is 0 Å². The zero-order valence-corrected chi connectivity index (χ0v) is 7.75. The Morgan fingerprint density at radius 2 is 2.38 bits per heavy atom. The Morgan fingerprint density at radius 3 is 2.69 bits per heavy atom. The molecule has 0 aromatic heterocycles. The number of ether oxygens (including phenoxy) is 1. The predicted molar refractivity (Wildman–Crippen MR) is 48.2 cm³/mol. The van der Waals surface area contributed by atoms with E-state index in [-0.39, 0.29) is 19.0 Å². The number of epoxide rings is 1. The van der Waals surface area contributed by atoms with Gasteiger partial charge in [-0.1, -0.05) is 5.57 Å². The Morgan fingerprint density at radius 1 is 1.85 bits per heavy atom. The van der Waals surface area contributed by atoms with Crippen LogP contribution in [0.3, 0.4) is 0 Å². The Hall–Kier alpha value is -0.710. The minimum Gasteiger partial charge on any atom is -0.393 e. The summed E-state index contributed by atoms with van der Waals surface area (Å²) in [6, 6.07) is -0.604. The van der Waals surface area contributed by atoms with Gasteiger partial charge < -0.3 is 15.6 Å². The highest BCUT2D eigenvalue weighted by Gasteiger charge is 2.52. The van der Waals surface area contributed by atoms with E-state index in [4.69, 9.17) is 15.6 Å². The van der Waals surface area contributed by atoms with Crippen LogP contribution in [0.25, 0.3) is 0 Å². The molecule has 2 atom stereocenters. The van der Waals surface area contributed by atoms with Gasteiger partial charge in [-0.3, -0.25) is 4.79 Å². The number of Topliss-reactive ketones (excluding diaryl/α,β-unsaturated/α-hetero) is 1. The van der Waals surface area contributed by atoms with Crippen molar-refractivity contribution < 1.29 is 14.6 Å². The molecule has 1 fully saturated rings. The van der Waals surface area contributed by atoms with E-state index < -0.39 is 11.6 Å². The van der Waals surface area contributed by atoms with Crippen LogP contribution in [0.15, 0.2) is 12.2 Å². The van der Waals surface area contributed by atoms with E-state index in [0.717, 1.165) is 5.57 Å². The van der Waals surface area contributed by atoms with Crippen LogP contribution in [-0.2, 0) is 9.53 Å². The molecule has 0 amide bonds. The van der Waals surface area contributed by atoms with Crippen LogP contribution in [0.5, 0.6) is 0 Å². The number of carbonyl (C=O) groups excluding carboxylic acids is 1. The summed E-state index contributed by atoms with van der Waals surface area (Å²) in [6.07, 6.45) is 0.448. The second kappa shape index (κ2) is 3.57. The summed E-state index contributed by atoms with van der Waals surface area (Å²) >= 11 is 0. The number of nitrogens with two attached hydrogens (primary N) is 1. The number of hydrogen-bond donors (Lipinski definition) is 2. The van der Waals surface area contributed by atoms with Crippen LogP contribution < -0.4 is 5.73 Å². The smallest absolute Gasteiger partial charge is 0.186 e. The van der Waals surface area contributed by atoms with Gasteiger partial charge in [0.2, 0.25) is 0 Å². The summed E-state index contributed by atoms with van der Waals surface area (Å²) in [5, 5.41) is 8.89. The molecule has 0 aliphatic carbocycles. The highest BCUT2D eigenvalue weighted by molar-refractivity contribution is 5.94. The molecular weight excluding hydrogens is 170 g/mol. The monoisotopic (exact) mass is 185 g/mol. The van der Waals surface area contributed by atoms with Gasteiger partial charge >= 0.3 is 0 Å². The minimum absolute atomic E-state index is 0.224. The first-order valence-electron chi connectivity index (χ1n) is 4.21. The average molecular weight is 185 g/mol. The highest BCUT2D eigenvalue weighted by atomic mass is 16.6. The Labute approximate surface area is 77.4 Å². The van der Waals surface area contributed by atoms with Crippen LogP contribution in [0.2, 0.25) is 0 Å². The maximum absolute atomic E-state index is 11.5. The lowest BCUT2D eigenvalue weighted by atomic mass is 9.96. The van der Waals surface area contributed by atoms with Crippen molar-refractivity contribution in [2.24, 2.45) is 5.73 Å². The van der Waals surface area contributed by atoms with E-state index in [0.29, 0.717) is 6.42 Å². The topological polar surface area (TPSA) is 75.9 Å². The number of hydrogen-bond acceptors (Lipinski definition) is 4. The third-order valence-electron chi connectivity index (χ3n) is 2.10. The number of aliphatic hydroxyl groups excluding tert-OH is 1. The van der Waals surface area contributed by atoms with E-state index in [1.807, 2.05) is 6.92 Å². The van der Waals surface area contributed by atoms with E-state index >= 15 is 0 Å². The maximum Gasteiger partial charge on any atom is 0.186 e. The van der Waals surface area contributed by atoms with Gasteiger partial charge in [0.1, 0.15) is 0 Å². The largest absolute Gasteiger partial charge is 0.393 e. The van der Waals surface area contributed by atoms with E-state index in [2.05, 4.69) is 6.58 Å². The Bertz CT molecular complexity index is 233. The average Bonchev–Trinajstić information content (AvgIpc) is 2.82. The SMILES string of the molecule is C=C(C)C[C@H](N)C(=O)[C@@]1(CO)CO1. The molecule has 74 valence electrons. The van der Waals surface area contributed by atoms with Gasteiger partial charge in [0.15, 0.2) is 11.4 Å². The summed E-state index contributed by atoms with van der Waals surface area (Å²) in [5.74, 6) is -0.224. The van der Waals surface area contributed by atoms with Crippen LogP contribution in [-0.4, -0.2) is 35.7 Å². The Balaban J connectivity index is 2.52. The van der Waals surface area contributed by atoms with E-state index in [1.165, 1.54) is 0 Å². The van der Waals surface area contributed by atoms with Crippen molar-refractivity contribution in [2.45, 2.75) is 25.0 Å². The van der Waals surface area contributed by atoms with Gasteiger partial charge in [-0.2, -0.15) is 0 Å². The summed E-state index contributed by atoms with van der Waals surface area (Å²) in [5.41, 5.74) is 5.48. The van der Waals surface area contributed by atoms with Gasteiger partial charge in [-0.15, -0.1) is 6.58 Å². The van der Waals surface area contributed by atoms with Crippen molar-refractivity contribution in [3.63, 3.8) is 0 Å². The molecule has 0 spiro atoms. The quantitative estimate of drug-likeness (QED) is 0.452.